The summed E-state index contributed by atoms with van der Waals surface area (Å²) < 4.78 is 27.6. The van der Waals surface area contributed by atoms with Gasteiger partial charge in [0.1, 0.15) is 0 Å². The van der Waals surface area contributed by atoms with Gasteiger partial charge in [-0.2, -0.15) is 5.10 Å². The SMILES string of the molecule is CCOP(=O)(OCC)C(Nc1ccc(C)cc1)c1cn(-c2ccccc2)nc1-c1ccncc1. The van der Waals surface area contributed by atoms with Crippen LogP contribution in [0.3, 0.4) is 0 Å². The van der Waals surface area contributed by atoms with Crippen molar-refractivity contribution in [3.8, 4) is 16.9 Å². The molecule has 4 rings (SSSR count). The molecule has 2 heterocycles. The minimum Gasteiger partial charge on any atom is -0.368 e. The van der Waals surface area contributed by atoms with Gasteiger partial charge in [0, 0.05) is 35.4 Å². The molecule has 34 heavy (non-hydrogen) atoms. The van der Waals surface area contributed by atoms with Gasteiger partial charge in [-0.05, 0) is 57.2 Å². The van der Waals surface area contributed by atoms with E-state index in [1.165, 1.54) is 0 Å². The van der Waals surface area contributed by atoms with E-state index in [4.69, 9.17) is 14.1 Å². The maximum absolute atomic E-state index is 14.2. The number of aryl methyl sites for hydroxylation is 1. The van der Waals surface area contributed by atoms with Gasteiger partial charge in [-0.1, -0.05) is 35.9 Å². The predicted molar refractivity (Wildman–Crippen MR) is 135 cm³/mol. The highest BCUT2D eigenvalue weighted by Crippen LogP contribution is 2.61. The Morgan fingerprint density at radius 1 is 0.941 bits per heavy atom. The zero-order valence-electron chi connectivity index (χ0n) is 19.6. The minimum absolute atomic E-state index is 0.251. The van der Waals surface area contributed by atoms with Crippen molar-refractivity contribution in [2.75, 3.05) is 18.5 Å². The molecule has 2 aromatic carbocycles. The number of hydrogen-bond acceptors (Lipinski definition) is 6. The minimum atomic E-state index is -3.63. The standard InChI is InChI=1S/C26H29N4O3P/c1-4-32-34(31,33-5-2)26(28-22-13-11-20(3)12-14-22)24-19-30(23-9-7-6-8-10-23)29-25(24)21-15-17-27-18-16-21/h6-19,26,28H,4-5H2,1-3H3. The summed E-state index contributed by atoms with van der Waals surface area (Å²) in [6.45, 7) is 6.15. The molecule has 1 atom stereocenters. The normalized spacial score (nSPS) is 12.4. The molecule has 176 valence electrons. The van der Waals surface area contributed by atoms with Crippen molar-refractivity contribution < 1.29 is 13.6 Å². The van der Waals surface area contributed by atoms with Gasteiger partial charge < -0.3 is 14.4 Å². The third-order valence-corrected chi connectivity index (χ3v) is 7.58. The van der Waals surface area contributed by atoms with Crippen molar-refractivity contribution >= 4 is 13.3 Å². The zero-order valence-corrected chi connectivity index (χ0v) is 20.5. The second kappa shape index (κ2) is 10.8. The van der Waals surface area contributed by atoms with E-state index in [1.807, 2.05) is 93.7 Å². The van der Waals surface area contributed by atoms with E-state index in [9.17, 15) is 4.57 Å². The van der Waals surface area contributed by atoms with Gasteiger partial charge >= 0.3 is 7.60 Å². The lowest BCUT2D eigenvalue weighted by atomic mass is 10.1. The summed E-state index contributed by atoms with van der Waals surface area (Å²) in [5.74, 6) is -0.782. The van der Waals surface area contributed by atoms with Crippen LogP contribution in [0.15, 0.2) is 85.3 Å². The summed E-state index contributed by atoms with van der Waals surface area (Å²) >= 11 is 0. The van der Waals surface area contributed by atoms with Crippen LogP contribution >= 0.6 is 7.60 Å². The number of pyridine rings is 1. The monoisotopic (exact) mass is 476 g/mol. The molecule has 2 aromatic heterocycles. The van der Waals surface area contributed by atoms with Gasteiger partial charge in [0.2, 0.25) is 0 Å². The average molecular weight is 477 g/mol. The van der Waals surface area contributed by atoms with Gasteiger partial charge in [-0.3, -0.25) is 9.55 Å². The van der Waals surface area contributed by atoms with Crippen molar-refractivity contribution in [1.82, 2.24) is 14.8 Å². The Balaban J connectivity index is 1.90. The van der Waals surface area contributed by atoms with Crippen molar-refractivity contribution in [3.63, 3.8) is 0 Å². The van der Waals surface area contributed by atoms with Crippen LogP contribution in [0, 0.1) is 6.92 Å². The molecule has 7 nitrogen and oxygen atoms in total. The van der Waals surface area contributed by atoms with Gasteiger partial charge in [0.25, 0.3) is 0 Å². The molecular weight excluding hydrogens is 447 g/mol. The molecule has 0 saturated carbocycles. The fraction of sp³-hybridized carbons (Fsp3) is 0.231. The van der Waals surface area contributed by atoms with Crippen LogP contribution in [0.25, 0.3) is 16.9 Å². The molecule has 0 amide bonds. The Hall–Kier alpha value is -3.25. The van der Waals surface area contributed by atoms with Crippen LogP contribution < -0.4 is 5.32 Å². The van der Waals surface area contributed by atoms with Crippen LogP contribution in [-0.4, -0.2) is 28.0 Å². The highest BCUT2D eigenvalue weighted by molar-refractivity contribution is 7.54. The Morgan fingerprint density at radius 2 is 1.59 bits per heavy atom. The number of para-hydroxylation sites is 1. The lowest BCUT2D eigenvalue weighted by molar-refractivity contribution is 0.214. The molecule has 4 aromatic rings. The highest BCUT2D eigenvalue weighted by atomic mass is 31.2. The van der Waals surface area contributed by atoms with Crippen LogP contribution in [0.1, 0.15) is 30.8 Å². The van der Waals surface area contributed by atoms with E-state index in [0.717, 1.165) is 22.5 Å². The van der Waals surface area contributed by atoms with Crippen molar-refractivity contribution in [1.29, 1.82) is 0 Å². The summed E-state index contributed by atoms with van der Waals surface area (Å²) in [6.07, 6.45) is 5.32. The number of nitrogens with zero attached hydrogens (tertiary/aromatic N) is 3. The van der Waals surface area contributed by atoms with E-state index in [1.54, 1.807) is 17.1 Å². The van der Waals surface area contributed by atoms with Crippen molar-refractivity contribution in [3.05, 3.63) is 96.4 Å². The average Bonchev–Trinajstić information content (AvgIpc) is 3.30. The second-order valence-electron chi connectivity index (χ2n) is 7.74. The molecule has 8 heteroatoms. The molecule has 0 radical (unpaired) electrons. The largest absolute Gasteiger partial charge is 0.368 e. The third kappa shape index (κ3) is 5.28. The van der Waals surface area contributed by atoms with E-state index in [0.29, 0.717) is 11.3 Å². The Kier molecular flexibility index (Phi) is 7.58. The topological polar surface area (TPSA) is 78.3 Å². The number of anilines is 1. The maximum atomic E-state index is 14.2. The lowest BCUT2D eigenvalue weighted by Gasteiger charge is -2.28. The van der Waals surface area contributed by atoms with E-state index in [2.05, 4.69) is 10.3 Å². The number of rotatable bonds is 10. The van der Waals surface area contributed by atoms with E-state index >= 15 is 0 Å². The molecule has 0 spiro atoms. The Morgan fingerprint density at radius 3 is 2.21 bits per heavy atom. The third-order valence-electron chi connectivity index (χ3n) is 5.30. The lowest BCUT2D eigenvalue weighted by Crippen LogP contribution is -2.15. The van der Waals surface area contributed by atoms with Gasteiger partial charge in [0.15, 0.2) is 5.78 Å². The molecule has 1 N–H and O–H groups in total. The molecule has 0 aliphatic rings. The quantitative estimate of drug-likeness (QED) is 0.259. The number of nitrogens with one attached hydrogen (secondary N) is 1. The molecule has 1 unspecified atom stereocenters. The summed E-state index contributed by atoms with van der Waals surface area (Å²) in [6, 6.07) is 21.5. The van der Waals surface area contributed by atoms with Crippen LogP contribution in [0.5, 0.6) is 0 Å². The van der Waals surface area contributed by atoms with Gasteiger partial charge in [-0.15, -0.1) is 0 Å². The molecule has 0 fully saturated rings. The van der Waals surface area contributed by atoms with Gasteiger partial charge in [0.05, 0.1) is 24.6 Å². The molecule has 0 aliphatic heterocycles. The molecular formula is C26H29N4O3P. The Labute approximate surface area is 200 Å². The summed E-state index contributed by atoms with van der Waals surface area (Å²) in [4.78, 5) is 4.14. The zero-order chi connectivity index (χ0) is 24.0. The number of benzene rings is 2. The molecule has 0 aliphatic carbocycles. The maximum Gasteiger partial charge on any atom is 0.357 e. The van der Waals surface area contributed by atoms with Crippen molar-refractivity contribution in [2.24, 2.45) is 0 Å². The Bertz CT molecular complexity index is 1230. The summed E-state index contributed by atoms with van der Waals surface area (Å²) in [5, 5.41) is 8.30. The number of aromatic nitrogens is 3. The van der Waals surface area contributed by atoms with E-state index in [-0.39, 0.29) is 13.2 Å². The summed E-state index contributed by atoms with van der Waals surface area (Å²) in [5.41, 5.74) is 5.07. The second-order valence-corrected chi connectivity index (χ2v) is 9.85. The predicted octanol–water partition coefficient (Wildman–Crippen LogP) is 6.62. The van der Waals surface area contributed by atoms with E-state index < -0.39 is 13.4 Å². The first-order valence-corrected chi connectivity index (χ1v) is 12.9. The smallest absolute Gasteiger partial charge is 0.357 e. The van der Waals surface area contributed by atoms with Crippen molar-refractivity contribution in [2.45, 2.75) is 26.6 Å². The van der Waals surface area contributed by atoms with Crippen LogP contribution in [0.2, 0.25) is 0 Å². The first-order chi connectivity index (χ1) is 16.5. The fourth-order valence-corrected chi connectivity index (χ4v) is 5.64. The van der Waals surface area contributed by atoms with Gasteiger partial charge in [-0.25, -0.2) is 4.68 Å². The first-order valence-electron chi connectivity index (χ1n) is 11.3. The van der Waals surface area contributed by atoms with Crippen LogP contribution in [-0.2, 0) is 13.6 Å². The summed E-state index contributed by atoms with van der Waals surface area (Å²) in [7, 11) is -3.63. The van der Waals surface area contributed by atoms with Crippen LogP contribution in [0.4, 0.5) is 5.69 Å². The fourth-order valence-electron chi connectivity index (χ4n) is 3.72. The highest BCUT2D eigenvalue weighted by Gasteiger charge is 2.40. The molecule has 0 bridgehead atoms. The first kappa shape index (κ1) is 23.9. The molecule has 0 saturated heterocycles. The number of hydrogen-bond donors (Lipinski definition) is 1.